The number of amides is 1. The second kappa shape index (κ2) is 6.78. The van der Waals surface area contributed by atoms with Crippen molar-refractivity contribution >= 4 is 34.7 Å². The predicted molar refractivity (Wildman–Crippen MR) is 95.2 cm³/mol. The molecule has 4 aromatic rings. The lowest BCUT2D eigenvalue weighted by molar-refractivity contribution is -0.113. The number of rotatable bonds is 5. The summed E-state index contributed by atoms with van der Waals surface area (Å²) in [7, 11) is 0. The van der Waals surface area contributed by atoms with Gasteiger partial charge in [-0.1, -0.05) is 59.4 Å². The number of thioether (sulfide) groups is 1. The Morgan fingerprint density at radius 2 is 1.88 bits per heavy atom. The van der Waals surface area contributed by atoms with Crippen molar-refractivity contribution < 1.29 is 9.32 Å². The number of carbonyl (C=O) groups is 1. The van der Waals surface area contributed by atoms with Crippen molar-refractivity contribution in [2.45, 2.75) is 5.22 Å². The number of fused-ring (bicyclic) bond motifs is 1. The van der Waals surface area contributed by atoms with Gasteiger partial charge in [-0.15, -0.1) is 0 Å². The Hall–Kier alpha value is -3.13. The minimum atomic E-state index is -0.205. The lowest BCUT2D eigenvalue weighted by Gasteiger charge is -1.98. The number of hydrogen-bond acceptors (Lipinski definition) is 6. The summed E-state index contributed by atoms with van der Waals surface area (Å²) in [4.78, 5) is 23.7. The van der Waals surface area contributed by atoms with Crippen molar-refractivity contribution in [2.24, 2.45) is 0 Å². The van der Waals surface area contributed by atoms with Crippen LogP contribution in [-0.4, -0.2) is 31.8 Å². The number of anilines is 1. The summed E-state index contributed by atoms with van der Waals surface area (Å²) in [6.45, 7) is 0. The highest BCUT2D eigenvalue weighted by Gasteiger charge is 2.12. The van der Waals surface area contributed by atoms with Crippen molar-refractivity contribution in [3.05, 3.63) is 54.6 Å². The topological polar surface area (TPSA) is 96.7 Å². The van der Waals surface area contributed by atoms with Crippen LogP contribution in [0.5, 0.6) is 0 Å². The normalized spacial score (nSPS) is 10.9. The molecule has 25 heavy (non-hydrogen) atoms. The van der Waals surface area contributed by atoms with Gasteiger partial charge in [0.25, 0.3) is 5.22 Å². The van der Waals surface area contributed by atoms with Gasteiger partial charge in [0.05, 0.1) is 16.8 Å². The zero-order valence-corrected chi connectivity index (χ0v) is 13.8. The summed E-state index contributed by atoms with van der Waals surface area (Å²) in [5.41, 5.74) is 2.54. The number of nitrogens with one attached hydrogen (secondary N) is 2. The molecular formula is C17H13N5O2S. The average Bonchev–Trinajstić information content (AvgIpc) is 3.27. The van der Waals surface area contributed by atoms with E-state index >= 15 is 0 Å². The molecule has 0 fully saturated rings. The Morgan fingerprint density at radius 3 is 2.72 bits per heavy atom. The van der Waals surface area contributed by atoms with Crippen LogP contribution >= 0.6 is 11.8 Å². The molecule has 0 bridgehead atoms. The molecule has 0 saturated carbocycles. The highest BCUT2D eigenvalue weighted by molar-refractivity contribution is 7.99. The zero-order chi connectivity index (χ0) is 17.1. The lowest BCUT2D eigenvalue weighted by atomic mass is 10.2. The van der Waals surface area contributed by atoms with E-state index in [9.17, 15) is 4.79 Å². The van der Waals surface area contributed by atoms with Gasteiger partial charge in [-0.3, -0.25) is 10.1 Å². The van der Waals surface area contributed by atoms with Crippen LogP contribution in [0.2, 0.25) is 0 Å². The Bertz CT molecular complexity index is 979. The highest BCUT2D eigenvalue weighted by atomic mass is 32.2. The Balaban J connectivity index is 1.36. The maximum Gasteiger partial charge on any atom is 0.286 e. The number of aromatic amines is 1. The summed E-state index contributed by atoms with van der Waals surface area (Å²) in [6.07, 6.45) is 0. The SMILES string of the molecule is O=C(CSc1nc(-c2ccccc2)no1)Nc1nc2ccccc2[nH]1. The van der Waals surface area contributed by atoms with E-state index in [0.717, 1.165) is 16.6 Å². The number of aromatic nitrogens is 4. The number of hydrogen-bond donors (Lipinski definition) is 2. The zero-order valence-electron chi connectivity index (χ0n) is 13.0. The van der Waals surface area contributed by atoms with Crippen LogP contribution in [0.25, 0.3) is 22.4 Å². The molecule has 1 amide bonds. The van der Waals surface area contributed by atoms with E-state index < -0.39 is 0 Å². The number of carbonyl (C=O) groups excluding carboxylic acids is 1. The van der Waals surface area contributed by atoms with Crippen LogP contribution in [0.4, 0.5) is 5.95 Å². The van der Waals surface area contributed by atoms with E-state index in [4.69, 9.17) is 4.52 Å². The van der Waals surface area contributed by atoms with Crippen molar-refractivity contribution in [3.63, 3.8) is 0 Å². The van der Waals surface area contributed by atoms with Crippen LogP contribution in [0.15, 0.2) is 64.3 Å². The summed E-state index contributed by atoms with van der Waals surface area (Å²) in [5.74, 6) is 0.861. The third kappa shape index (κ3) is 3.53. The minimum Gasteiger partial charge on any atom is -0.327 e. The molecule has 0 spiro atoms. The van der Waals surface area contributed by atoms with Gasteiger partial charge in [0.15, 0.2) is 0 Å². The van der Waals surface area contributed by atoms with Crippen molar-refractivity contribution in [2.75, 3.05) is 11.1 Å². The monoisotopic (exact) mass is 351 g/mol. The molecule has 7 nitrogen and oxygen atoms in total. The molecule has 2 N–H and O–H groups in total. The molecule has 2 aromatic heterocycles. The highest BCUT2D eigenvalue weighted by Crippen LogP contribution is 2.21. The summed E-state index contributed by atoms with van der Waals surface area (Å²) >= 11 is 1.18. The van der Waals surface area contributed by atoms with E-state index in [2.05, 4.69) is 25.4 Å². The molecule has 0 aliphatic carbocycles. The molecule has 0 radical (unpaired) electrons. The van der Waals surface area contributed by atoms with Crippen molar-refractivity contribution in [1.82, 2.24) is 20.1 Å². The third-order valence-electron chi connectivity index (χ3n) is 3.41. The Morgan fingerprint density at radius 1 is 1.08 bits per heavy atom. The molecule has 0 atom stereocenters. The molecule has 0 unspecified atom stereocenters. The van der Waals surface area contributed by atoms with E-state index in [1.54, 1.807) is 0 Å². The molecule has 124 valence electrons. The van der Waals surface area contributed by atoms with Crippen LogP contribution in [-0.2, 0) is 4.79 Å². The molecule has 2 heterocycles. The first-order chi connectivity index (χ1) is 12.3. The Labute approximate surface area is 146 Å². The summed E-state index contributed by atoms with van der Waals surface area (Å²) in [6, 6.07) is 17.1. The molecule has 2 aromatic carbocycles. The quantitative estimate of drug-likeness (QED) is 0.535. The van der Waals surface area contributed by atoms with E-state index in [1.165, 1.54) is 11.8 Å². The maximum atomic E-state index is 12.1. The number of para-hydroxylation sites is 2. The fraction of sp³-hybridized carbons (Fsp3) is 0.0588. The summed E-state index contributed by atoms with van der Waals surface area (Å²) < 4.78 is 5.17. The van der Waals surface area contributed by atoms with Gasteiger partial charge < -0.3 is 9.51 Å². The van der Waals surface area contributed by atoms with Gasteiger partial charge in [-0.2, -0.15) is 4.98 Å². The second-order valence-electron chi connectivity index (χ2n) is 5.19. The second-order valence-corrected chi connectivity index (χ2v) is 6.12. The molecule has 4 rings (SSSR count). The van der Waals surface area contributed by atoms with Gasteiger partial charge >= 0.3 is 0 Å². The number of imidazole rings is 1. The average molecular weight is 351 g/mol. The maximum absolute atomic E-state index is 12.1. The number of nitrogens with zero attached hydrogens (tertiary/aromatic N) is 3. The van der Waals surface area contributed by atoms with E-state index in [-0.39, 0.29) is 11.7 Å². The lowest BCUT2D eigenvalue weighted by Crippen LogP contribution is -2.14. The molecular weight excluding hydrogens is 338 g/mol. The number of benzene rings is 2. The van der Waals surface area contributed by atoms with Crippen LogP contribution in [0.1, 0.15) is 0 Å². The van der Waals surface area contributed by atoms with Gasteiger partial charge in [-0.25, -0.2) is 4.98 Å². The largest absolute Gasteiger partial charge is 0.327 e. The fourth-order valence-electron chi connectivity index (χ4n) is 2.28. The smallest absolute Gasteiger partial charge is 0.286 e. The van der Waals surface area contributed by atoms with Crippen molar-refractivity contribution in [1.29, 1.82) is 0 Å². The molecule has 0 aliphatic rings. The van der Waals surface area contributed by atoms with E-state index in [1.807, 2.05) is 54.6 Å². The molecule has 0 aliphatic heterocycles. The Kier molecular flexibility index (Phi) is 4.17. The first kappa shape index (κ1) is 15.4. The fourth-order valence-corrected chi connectivity index (χ4v) is 2.85. The van der Waals surface area contributed by atoms with Crippen LogP contribution in [0, 0.1) is 0 Å². The van der Waals surface area contributed by atoms with Crippen LogP contribution < -0.4 is 5.32 Å². The van der Waals surface area contributed by atoms with Crippen molar-refractivity contribution in [3.8, 4) is 11.4 Å². The van der Waals surface area contributed by atoms with E-state index in [0.29, 0.717) is 17.0 Å². The summed E-state index contributed by atoms with van der Waals surface area (Å²) in [5, 5.41) is 6.99. The van der Waals surface area contributed by atoms with Crippen LogP contribution in [0.3, 0.4) is 0 Å². The van der Waals surface area contributed by atoms with Gasteiger partial charge in [0, 0.05) is 5.56 Å². The standard InChI is InChI=1S/C17H13N5O2S/c23-14(20-16-18-12-8-4-5-9-13(12)19-16)10-25-17-21-15(22-24-17)11-6-2-1-3-7-11/h1-9H,10H2,(H2,18,19,20,23). The first-order valence-corrected chi connectivity index (χ1v) is 8.53. The van der Waals surface area contributed by atoms with Gasteiger partial charge in [0.1, 0.15) is 0 Å². The first-order valence-electron chi connectivity index (χ1n) is 7.54. The molecule has 8 heteroatoms. The number of H-pyrrole nitrogens is 1. The third-order valence-corrected chi connectivity index (χ3v) is 4.23. The predicted octanol–water partition coefficient (Wildman–Crippen LogP) is 3.34. The van der Waals surface area contributed by atoms with Gasteiger partial charge in [0.2, 0.25) is 17.7 Å². The minimum absolute atomic E-state index is 0.146. The molecule has 0 saturated heterocycles. The van der Waals surface area contributed by atoms with Gasteiger partial charge in [-0.05, 0) is 12.1 Å².